The van der Waals surface area contributed by atoms with Crippen LogP contribution in [0.1, 0.15) is 24.8 Å². The van der Waals surface area contributed by atoms with Crippen molar-refractivity contribution in [3.8, 4) is 5.75 Å². The van der Waals surface area contributed by atoms with Crippen LogP contribution in [-0.4, -0.2) is 36.9 Å². The summed E-state index contributed by atoms with van der Waals surface area (Å²) in [5.74, 6) is -0.300. The van der Waals surface area contributed by atoms with Gasteiger partial charge < -0.3 is 19.4 Å². The zero-order valence-corrected chi connectivity index (χ0v) is 11.2. The third kappa shape index (κ3) is 3.27. The Morgan fingerprint density at radius 2 is 2.20 bits per heavy atom. The quantitative estimate of drug-likeness (QED) is 0.394. The zero-order valence-electron chi connectivity index (χ0n) is 11.2. The Hall–Kier alpha value is -2.08. The first-order valence-electron chi connectivity index (χ1n) is 6.44. The second-order valence-electron chi connectivity index (χ2n) is 4.35. The van der Waals surface area contributed by atoms with Gasteiger partial charge in [-0.05, 0) is 25.0 Å². The molecule has 6 heteroatoms. The van der Waals surface area contributed by atoms with Crippen LogP contribution in [0.4, 0.5) is 0 Å². The van der Waals surface area contributed by atoms with E-state index in [1.807, 2.05) is 0 Å². The van der Waals surface area contributed by atoms with Gasteiger partial charge in [0.2, 0.25) is 0 Å². The van der Waals surface area contributed by atoms with Gasteiger partial charge in [0.05, 0.1) is 19.3 Å². The average Bonchev–Trinajstić information content (AvgIpc) is 2.50. The van der Waals surface area contributed by atoms with Gasteiger partial charge in [0.25, 0.3) is 0 Å². The van der Waals surface area contributed by atoms with Crippen LogP contribution < -0.4 is 4.74 Å². The molecule has 20 heavy (non-hydrogen) atoms. The Labute approximate surface area is 116 Å². The fraction of sp³-hybridized carbons (Fsp3) is 0.429. The van der Waals surface area contributed by atoms with Crippen LogP contribution in [0.3, 0.4) is 0 Å². The van der Waals surface area contributed by atoms with Gasteiger partial charge in [0.1, 0.15) is 5.75 Å². The van der Waals surface area contributed by atoms with Crippen LogP contribution >= 0.6 is 0 Å². The number of nitrogens with zero attached hydrogens (tertiary/aromatic N) is 1. The van der Waals surface area contributed by atoms with Crippen LogP contribution in [-0.2, 0) is 14.3 Å². The highest BCUT2D eigenvalue weighted by atomic mass is 16.7. The first-order chi connectivity index (χ1) is 9.76. The molecule has 1 aliphatic heterocycles. The van der Waals surface area contributed by atoms with Crippen molar-refractivity contribution in [3.63, 3.8) is 0 Å². The molecule has 0 saturated carbocycles. The van der Waals surface area contributed by atoms with E-state index in [1.165, 1.54) is 7.11 Å². The predicted octanol–water partition coefficient (Wildman–Crippen LogP) is 1.94. The second-order valence-corrected chi connectivity index (χ2v) is 4.35. The van der Waals surface area contributed by atoms with Crippen LogP contribution in [0, 0.1) is 0 Å². The zero-order chi connectivity index (χ0) is 14.4. The molecule has 1 aromatic carbocycles. The number of carbonyl (C=O) groups is 1. The summed E-state index contributed by atoms with van der Waals surface area (Å²) >= 11 is 0. The third-order valence-electron chi connectivity index (χ3n) is 3.02. The lowest BCUT2D eigenvalue weighted by atomic mass is 10.1. The van der Waals surface area contributed by atoms with Gasteiger partial charge in [0.15, 0.2) is 12.0 Å². The van der Waals surface area contributed by atoms with Crippen molar-refractivity contribution in [1.29, 1.82) is 0 Å². The standard InChI is InChI=1S/C14H17NO5/c1-18-14(16)13(15-17)10-6-2-3-7-11(10)20-12-8-4-5-9-19-12/h2-3,6-7,12,17H,4-5,8-9H2,1H3. The van der Waals surface area contributed by atoms with Crippen molar-refractivity contribution in [2.75, 3.05) is 13.7 Å². The Kier molecular flexibility index (Phi) is 4.95. The Bertz CT molecular complexity index is 494. The molecule has 1 saturated heterocycles. The number of hydrogen-bond acceptors (Lipinski definition) is 6. The van der Waals surface area contributed by atoms with Crippen molar-refractivity contribution >= 4 is 11.7 Å². The van der Waals surface area contributed by atoms with Gasteiger partial charge in [-0.15, -0.1) is 0 Å². The topological polar surface area (TPSA) is 77.4 Å². The maximum Gasteiger partial charge on any atom is 0.360 e. The molecule has 1 heterocycles. The van der Waals surface area contributed by atoms with Gasteiger partial charge >= 0.3 is 5.97 Å². The number of rotatable bonds is 4. The predicted molar refractivity (Wildman–Crippen MR) is 71.0 cm³/mol. The second kappa shape index (κ2) is 6.91. The smallest absolute Gasteiger partial charge is 0.360 e. The molecule has 1 unspecified atom stereocenters. The van der Waals surface area contributed by atoms with E-state index < -0.39 is 5.97 Å². The minimum absolute atomic E-state index is 0.195. The lowest BCUT2D eigenvalue weighted by molar-refractivity contribution is -0.132. The lowest BCUT2D eigenvalue weighted by Gasteiger charge is -2.24. The van der Waals surface area contributed by atoms with Gasteiger partial charge in [-0.3, -0.25) is 0 Å². The first-order valence-corrected chi connectivity index (χ1v) is 6.44. The summed E-state index contributed by atoms with van der Waals surface area (Å²) < 4.78 is 15.8. The molecule has 1 N–H and O–H groups in total. The van der Waals surface area contributed by atoms with E-state index in [0.717, 1.165) is 19.3 Å². The van der Waals surface area contributed by atoms with E-state index in [-0.39, 0.29) is 12.0 Å². The highest BCUT2D eigenvalue weighted by Gasteiger charge is 2.22. The molecule has 0 amide bonds. The van der Waals surface area contributed by atoms with Crippen LogP contribution in [0.25, 0.3) is 0 Å². The van der Waals surface area contributed by atoms with Crippen molar-refractivity contribution in [2.45, 2.75) is 25.6 Å². The minimum Gasteiger partial charge on any atom is -0.464 e. The van der Waals surface area contributed by atoms with Crippen molar-refractivity contribution < 1.29 is 24.2 Å². The number of para-hydroxylation sites is 1. The van der Waals surface area contributed by atoms with E-state index in [2.05, 4.69) is 9.89 Å². The van der Waals surface area contributed by atoms with Crippen molar-refractivity contribution in [3.05, 3.63) is 29.8 Å². The van der Waals surface area contributed by atoms with E-state index in [0.29, 0.717) is 17.9 Å². The van der Waals surface area contributed by atoms with Crippen LogP contribution in [0.2, 0.25) is 0 Å². The molecular formula is C14H17NO5. The number of oxime groups is 1. The van der Waals surface area contributed by atoms with Crippen LogP contribution in [0.5, 0.6) is 5.75 Å². The Balaban J connectivity index is 2.23. The van der Waals surface area contributed by atoms with Gasteiger partial charge in [0, 0.05) is 6.42 Å². The first kappa shape index (κ1) is 14.3. The highest BCUT2D eigenvalue weighted by Crippen LogP contribution is 2.24. The molecule has 0 spiro atoms. The molecule has 0 aliphatic carbocycles. The molecule has 108 valence electrons. The summed E-state index contributed by atoms with van der Waals surface area (Å²) in [7, 11) is 1.22. The normalized spacial score (nSPS) is 19.4. The van der Waals surface area contributed by atoms with E-state index in [9.17, 15) is 4.79 Å². The van der Waals surface area contributed by atoms with Gasteiger partial charge in [-0.25, -0.2) is 4.79 Å². The minimum atomic E-state index is -0.729. The Morgan fingerprint density at radius 1 is 1.40 bits per heavy atom. The number of carbonyl (C=O) groups excluding carboxylic acids is 1. The maximum atomic E-state index is 11.6. The number of esters is 1. The fourth-order valence-electron chi connectivity index (χ4n) is 2.01. The largest absolute Gasteiger partial charge is 0.464 e. The number of ether oxygens (including phenoxy) is 3. The van der Waals surface area contributed by atoms with Crippen molar-refractivity contribution in [2.24, 2.45) is 5.16 Å². The highest BCUT2D eigenvalue weighted by molar-refractivity contribution is 6.43. The van der Waals surface area contributed by atoms with Crippen LogP contribution in [0.15, 0.2) is 29.4 Å². The number of hydrogen-bond donors (Lipinski definition) is 1. The summed E-state index contributed by atoms with van der Waals surface area (Å²) in [5.41, 5.74) is 0.176. The molecule has 6 nitrogen and oxygen atoms in total. The summed E-state index contributed by atoms with van der Waals surface area (Å²) in [6.45, 7) is 0.658. The van der Waals surface area contributed by atoms with E-state index >= 15 is 0 Å². The molecule has 1 aliphatic rings. The van der Waals surface area contributed by atoms with E-state index in [1.54, 1.807) is 24.3 Å². The van der Waals surface area contributed by atoms with Gasteiger partial charge in [-0.1, -0.05) is 17.3 Å². The number of methoxy groups -OCH3 is 1. The molecular weight excluding hydrogens is 262 g/mol. The molecule has 0 radical (unpaired) electrons. The van der Waals surface area contributed by atoms with Gasteiger partial charge in [-0.2, -0.15) is 0 Å². The molecule has 0 aromatic heterocycles. The molecule has 1 atom stereocenters. The summed E-state index contributed by atoms with van der Waals surface area (Å²) in [5, 5.41) is 12.0. The molecule has 0 bridgehead atoms. The maximum absolute atomic E-state index is 11.6. The summed E-state index contributed by atoms with van der Waals surface area (Å²) in [6.07, 6.45) is 2.50. The Morgan fingerprint density at radius 3 is 2.85 bits per heavy atom. The summed E-state index contributed by atoms with van der Waals surface area (Å²) in [6, 6.07) is 6.82. The molecule has 1 fully saturated rings. The third-order valence-corrected chi connectivity index (χ3v) is 3.02. The number of benzene rings is 1. The SMILES string of the molecule is COC(=O)C(=NO)c1ccccc1OC1CCCCO1. The monoisotopic (exact) mass is 279 g/mol. The van der Waals surface area contributed by atoms with Crippen molar-refractivity contribution in [1.82, 2.24) is 0 Å². The van der Waals surface area contributed by atoms with E-state index in [4.69, 9.17) is 14.7 Å². The molecule has 2 rings (SSSR count). The average molecular weight is 279 g/mol. The fourth-order valence-corrected chi connectivity index (χ4v) is 2.01. The molecule has 1 aromatic rings. The lowest BCUT2D eigenvalue weighted by Crippen LogP contribution is -2.26. The summed E-state index contributed by atoms with van der Waals surface area (Å²) in [4.78, 5) is 11.6.